The first kappa shape index (κ1) is 20.0. The third-order valence-corrected chi connectivity index (χ3v) is 4.65. The number of rotatable bonds is 7. The van der Waals surface area contributed by atoms with Crippen LogP contribution in [-0.4, -0.2) is 72.5 Å². The van der Waals surface area contributed by atoms with E-state index in [-0.39, 0.29) is 36.9 Å². The van der Waals surface area contributed by atoms with Crippen molar-refractivity contribution in [1.82, 2.24) is 0 Å². The van der Waals surface area contributed by atoms with Crippen molar-refractivity contribution in [3.63, 3.8) is 0 Å². The highest BCUT2D eigenvalue weighted by Crippen LogP contribution is 2.21. The molecule has 0 aromatic carbocycles. The van der Waals surface area contributed by atoms with Crippen LogP contribution in [0.5, 0.6) is 0 Å². The minimum absolute atomic E-state index is 0.313. The summed E-state index contributed by atoms with van der Waals surface area (Å²) in [5.74, 6) is 0. The van der Waals surface area contributed by atoms with E-state index in [2.05, 4.69) is 0 Å². The SMILES string of the molecule is C[C@@H]1O[C@@H](OCCCCO[C@H]2C[C@H](N)[C@H](O)[C@H](C)O2)C[C@H](N)[C@@H]1O. The van der Waals surface area contributed by atoms with Crippen LogP contribution in [0.4, 0.5) is 0 Å². The van der Waals surface area contributed by atoms with E-state index in [0.717, 1.165) is 12.8 Å². The van der Waals surface area contributed by atoms with Gasteiger partial charge in [-0.05, 0) is 26.7 Å². The molecule has 2 fully saturated rings. The highest BCUT2D eigenvalue weighted by atomic mass is 16.7. The maximum absolute atomic E-state index is 9.72. The van der Waals surface area contributed by atoms with Gasteiger partial charge in [0.15, 0.2) is 12.6 Å². The van der Waals surface area contributed by atoms with Gasteiger partial charge in [0, 0.05) is 38.1 Å². The Bertz CT molecular complexity index is 316. The molecule has 2 aliphatic rings. The maximum atomic E-state index is 9.72. The Labute approximate surface area is 143 Å². The lowest BCUT2D eigenvalue weighted by atomic mass is 10.0. The molecule has 2 aliphatic heterocycles. The second-order valence-electron chi connectivity index (χ2n) is 6.77. The minimum Gasteiger partial charge on any atom is -0.389 e. The molecule has 0 aromatic rings. The molecule has 2 heterocycles. The van der Waals surface area contributed by atoms with Crippen LogP contribution in [0.2, 0.25) is 0 Å². The normalized spacial score (nSPS) is 43.8. The van der Waals surface area contributed by atoms with Gasteiger partial charge in [-0.15, -0.1) is 0 Å². The summed E-state index contributed by atoms with van der Waals surface area (Å²) in [6.45, 7) is 4.68. The second-order valence-corrected chi connectivity index (χ2v) is 6.77. The number of aliphatic hydroxyl groups excluding tert-OH is 2. The van der Waals surface area contributed by atoms with Crippen LogP contribution in [0.25, 0.3) is 0 Å². The molecule has 0 saturated carbocycles. The van der Waals surface area contributed by atoms with E-state index in [1.54, 1.807) is 13.8 Å². The van der Waals surface area contributed by atoms with Crippen molar-refractivity contribution in [2.24, 2.45) is 11.5 Å². The van der Waals surface area contributed by atoms with E-state index in [1.165, 1.54) is 0 Å². The first-order chi connectivity index (χ1) is 11.4. The molecule has 8 nitrogen and oxygen atoms in total. The standard InChI is InChI=1S/C16H32N2O6/c1-9-15(19)11(17)7-13(23-9)21-5-3-4-6-22-14-8-12(18)16(20)10(2)24-14/h9-16,19-20H,3-8,17-18H2,1-2H3/t9-,10-,11-,12-,13+,14+,15+,16+/m0/s1. The molecule has 0 unspecified atom stereocenters. The third kappa shape index (κ3) is 5.60. The Kier molecular flexibility index (Phi) is 7.83. The Morgan fingerprint density at radius 3 is 1.54 bits per heavy atom. The largest absolute Gasteiger partial charge is 0.389 e. The summed E-state index contributed by atoms with van der Waals surface area (Å²) in [6.07, 6.45) is 0.0155. The van der Waals surface area contributed by atoms with Crippen molar-refractivity contribution in [3.8, 4) is 0 Å². The lowest BCUT2D eigenvalue weighted by Crippen LogP contribution is -2.51. The molecule has 8 atom stereocenters. The number of aliphatic hydroxyl groups is 2. The summed E-state index contributed by atoms with van der Waals surface area (Å²) in [4.78, 5) is 0. The topological polar surface area (TPSA) is 129 Å². The van der Waals surface area contributed by atoms with E-state index < -0.39 is 12.2 Å². The van der Waals surface area contributed by atoms with Crippen LogP contribution >= 0.6 is 0 Å². The molecule has 0 bridgehead atoms. The third-order valence-electron chi connectivity index (χ3n) is 4.65. The average Bonchev–Trinajstić information content (AvgIpc) is 2.53. The monoisotopic (exact) mass is 348 g/mol. The van der Waals surface area contributed by atoms with Crippen LogP contribution in [0, 0.1) is 0 Å². The quantitative estimate of drug-likeness (QED) is 0.451. The van der Waals surface area contributed by atoms with Crippen LogP contribution < -0.4 is 11.5 Å². The molecule has 142 valence electrons. The summed E-state index contributed by atoms with van der Waals surface area (Å²) in [5, 5.41) is 19.4. The second kappa shape index (κ2) is 9.40. The van der Waals surface area contributed by atoms with Crippen molar-refractivity contribution >= 4 is 0 Å². The Morgan fingerprint density at radius 2 is 1.21 bits per heavy atom. The molecule has 24 heavy (non-hydrogen) atoms. The Hall–Kier alpha value is -0.320. The summed E-state index contributed by atoms with van der Waals surface area (Å²) >= 11 is 0. The molecule has 6 N–H and O–H groups in total. The van der Waals surface area contributed by atoms with Crippen molar-refractivity contribution < 1.29 is 29.2 Å². The highest BCUT2D eigenvalue weighted by molar-refractivity contribution is 4.84. The number of hydrogen-bond acceptors (Lipinski definition) is 8. The zero-order valence-electron chi connectivity index (χ0n) is 14.5. The van der Waals surface area contributed by atoms with Gasteiger partial charge in [-0.3, -0.25) is 0 Å². The van der Waals surface area contributed by atoms with Gasteiger partial charge in [0.1, 0.15) is 0 Å². The van der Waals surface area contributed by atoms with E-state index in [4.69, 9.17) is 30.4 Å². The number of hydrogen-bond donors (Lipinski definition) is 4. The highest BCUT2D eigenvalue weighted by Gasteiger charge is 2.34. The zero-order valence-corrected chi connectivity index (χ0v) is 14.5. The minimum atomic E-state index is -0.638. The van der Waals surface area contributed by atoms with Gasteiger partial charge < -0.3 is 40.6 Å². The fraction of sp³-hybridized carbons (Fsp3) is 1.00. The van der Waals surface area contributed by atoms with Gasteiger partial charge >= 0.3 is 0 Å². The molecule has 2 saturated heterocycles. The number of unbranched alkanes of at least 4 members (excludes halogenated alkanes) is 1. The van der Waals surface area contributed by atoms with Gasteiger partial charge in [0.25, 0.3) is 0 Å². The van der Waals surface area contributed by atoms with Crippen LogP contribution in [-0.2, 0) is 18.9 Å². The van der Waals surface area contributed by atoms with Gasteiger partial charge in [-0.25, -0.2) is 0 Å². The molecule has 0 spiro atoms. The first-order valence-corrected chi connectivity index (χ1v) is 8.80. The number of ether oxygens (including phenoxy) is 4. The molecular formula is C16H32N2O6. The molecule has 0 aromatic heterocycles. The van der Waals surface area contributed by atoms with E-state index in [1.807, 2.05) is 0 Å². The molecule has 2 rings (SSSR count). The predicted molar refractivity (Wildman–Crippen MR) is 87.0 cm³/mol. The van der Waals surface area contributed by atoms with Gasteiger partial charge in [-0.2, -0.15) is 0 Å². The van der Waals surface area contributed by atoms with Crippen LogP contribution in [0.3, 0.4) is 0 Å². The van der Waals surface area contributed by atoms with Crippen LogP contribution in [0.15, 0.2) is 0 Å². The summed E-state index contributed by atoms with van der Waals surface area (Å²) in [6, 6.07) is -0.626. The van der Waals surface area contributed by atoms with Crippen molar-refractivity contribution in [2.45, 2.75) is 88.6 Å². The molecular weight excluding hydrogens is 316 g/mol. The predicted octanol–water partition coefficient (Wildman–Crippen LogP) is -0.554. The van der Waals surface area contributed by atoms with E-state index in [9.17, 15) is 10.2 Å². The average molecular weight is 348 g/mol. The smallest absolute Gasteiger partial charge is 0.159 e. The van der Waals surface area contributed by atoms with Gasteiger partial charge in [-0.1, -0.05) is 0 Å². The summed E-state index contributed by atoms with van der Waals surface area (Å²) in [5.41, 5.74) is 11.7. The maximum Gasteiger partial charge on any atom is 0.159 e. The Balaban J connectivity index is 1.53. The van der Waals surface area contributed by atoms with E-state index in [0.29, 0.717) is 26.1 Å². The van der Waals surface area contributed by atoms with Crippen molar-refractivity contribution in [3.05, 3.63) is 0 Å². The fourth-order valence-electron chi connectivity index (χ4n) is 3.02. The van der Waals surface area contributed by atoms with Crippen molar-refractivity contribution in [2.75, 3.05) is 13.2 Å². The van der Waals surface area contributed by atoms with Crippen molar-refractivity contribution in [1.29, 1.82) is 0 Å². The summed E-state index contributed by atoms with van der Waals surface area (Å²) < 4.78 is 22.4. The molecule has 0 amide bonds. The molecule has 8 heteroatoms. The molecule has 0 aliphatic carbocycles. The first-order valence-electron chi connectivity index (χ1n) is 8.80. The Morgan fingerprint density at radius 1 is 0.833 bits per heavy atom. The van der Waals surface area contributed by atoms with Gasteiger partial charge in [0.05, 0.1) is 24.4 Å². The number of nitrogens with two attached hydrogens (primary N) is 2. The van der Waals surface area contributed by atoms with Gasteiger partial charge in [0.2, 0.25) is 0 Å². The lowest BCUT2D eigenvalue weighted by Gasteiger charge is -2.36. The fourth-order valence-corrected chi connectivity index (χ4v) is 3.02. The lowest BCUT2D eigenvalue weighted by molar-refractivity contribution is -0.227. The van der Waals surface area contributed by atoms with E-state index >= 15 is 0 Å². The van der Waals surface area contributed by atoms with Crippen LogP contribution in [0.1, 0.15) is 39.5 Å². The zero-order chi connectivity index (χ0) is 17.7. The summed E-state index contributed by atoms with van der Waals surface area (Å²) in [7, 11) is 0. The molecule has 0 radical (unpaired) electrons.